The fourth-order valence-corrected chi connectivity index (χ4v) is 3.97. The van der Waals surface area contributed by atoms with E-state index in [-0.39, 0.29) is 18.5 Å². The van der Waals surface area contributed by atoms with Crippen molar-refractivity contribution in [1.29, 1.82) is 0 Å². The van der Waals surface area contributed by atoms with E-state index in [4.69, 9.17) is 14.1 Å². The number of aryl methyl sites for hydroxylation is 1. The third-order valence-electron chi connectivity index (χ3n) is 5.96. The highest BCUT2D eigenvalue weighted by atomic mass is 16.5. The van der Waals surface area contributed by atoms with Crippen molar-refractivity contribution in [3.63, 3.8) is 0 Å². The molecule has 1 aliphatic heterocycles. The molecular formula is C25H29N3O4. The number of nitrogens with zero attached hydrogens (tertiary/aromatic N) is 3. The molecule has 0 atom stereocenters. The number of benzene rings is 2. The number of aromatic nitrogens is 1. The number of carbonyl (C=O) groups excluding carboxylic acids is 1. The van der Waals surface area contributed by atoms with Crippen molar-refractivity contribution in [3.05, 3.63) is 60.0 Å². The van der Waals surface area contributed by atoms with Crippen LogP contribution < -0.4 is 4.74 Å². The van der Waals surface area contributed by atoms with E-state index < -0.39 is 0 Å². The summed E-state index contributed by atoms with van der Waals surface area (Å²) < 4.78 is 11.6. The second-order valence-electron chi connectivity index (χ2n) is 8.08. The van der Waals surface area contributed by atoms with Crippen LogP contribution in [0.2, 0.25) is 0 Å². The van der Waals surface area contributed by atoms with Crippen LogP contribution in [0.5, 0.6) is 5.75 Å². The number of hydrogen-bond donors (Lipinski definition) is 1. The quantitative estimate of drug-likeness (QED) is 0.432. The van der Waals surface area contributed by atoms with Gasteiger partial charge in [-0.15, -0.1) is 0 Å². The summed E-state index contributed by atoms with van der Waals surface area (Å²) in [6, 6.07) is 15.7. The van der Waals surface area contributed by atoms with Crippen molar-refractivity contribution in [2.24, 2.45) is 0 Å². The summed E-state index contributed by atoms with van der Waals surface area (Å²) in [5, 5.41) is 10.5. The van der Waals surface area contributed by atoms with Crippen molar-refractivity contribution in [3.8, 4) is 28.3 Å². The number of urea groups is 1. The number of methoxy groups -OCH3 is 1. The van der Waals surface area contributed by atoms with Gasteiger partial charge in [-0.2, -0.15) is 0 Å². The van der Waals surface area contributed by atoms with Crippen LogP contribution >= 0.6 is 0 Å². The van der Waals surface area contributed by atoms with Crippen molar-refractivity contribution in [1.82, 2.24) is 14.9 Å². The highest BCUT2D eigenvalue weighted by Crippen LogP contribution is 2.38. The number of rotatable bonds is 5. The van der Waals surface area contributed by atoms with E-state index in [1.165, 1.54) is 5.56 Å². The van der Waals surface area contributed by atoms with E-state index in [0.29, 0.717) is 19.0 Å². The third-order valence-corrected chi connectivity index (χ3v) is 5.96. The van der Waals surface area contributed by atoms with E-state index in [0.717, 1.165) is 46.2 Å². The Labute approximate surface area is 188 Å². The van der Waals surface area contributed by atoms with E-state index >= 15 is 0 Å². The number of ether oxygens (including phenoxy) is 1. The van der Waals surface area contributed by atoms with Gasteiger partial charge in [-0.25, -0.2) is 14.8 Å². The lowest BCUT2D eigenvalue weighted by Gasteiger charge is -2.32. The molecule has 4 rings (SSSR count). The predicted octanol–water partition coefficient (Wildman–Crippen LogP) is 5.34. The molecule has 1 N–H and O–H groups in total. The third kappa shape index (κ3) is 4.48. The van der Waals surface area contributed by atoms with Gasteiger partial charge in [0, 0.05) is 36.7 Å². The van der Waals surface area contributed by atoms with Crippen LogP contribution in [0.15, 0.2) is 52.9 Å². The monoisotopic (exact) mass is 435 g/mol. The summed E-state index contributed by atoms with van der Waals surface area (Å²) >= 11 is 0. The topological polar surface area (TPSA) is 79.0 Å². The van der Waals surface area contributed by atoms with E-state index in [2.05, 4.69) is 31.2 Å². The number of hydrogen-bond acceptors (Lipinski definition) is 5. The second kappa shape index (κ2) is 9.44. The molecular weight excluding hydrogens is 406 g/mol. The molecule has 0 bridgehead atoms. The summed E-state index contributed by atoms with van der Waals surface area (Å²) in [5.74, 6) is 2.32. The Morgan fingerprint density at radius 2 is 1.75 bits per heavy atom. The maximum absolute atomic E-state index is 12.2. The largest absolute Gasteiger partial charge is 0.497 e. The molecule has 2 heterocycles. The lowest BCUT2D eigenvalue weighted by molar-refractivity contribution is -0.0543. The van der Waals surface area contributed by atoms with Crippen LogP contribution in [0.4, 0.5) is 4.79 Å². The van der Waals surface area contributed by atoms with Gasteiger partial charge in [0.1, 0.15) is 11.4 Å². The lowest BCUT2D eigenvalue weighted by atomic mass is 9.97. The van der Waals surface area contributed by atoms with Crippen molar-refractivity contribution in [2.75, 3.05) is 26.7 Å². The van der Waals surface area contributed by atoms with Crippen molar-refractivity contribution < 1.29 is 19.2 Å². The first-order valence-corrected chi connectivity index (χ1v) is 11.0. The van der Waals surface area contributed by atoms with Crippen LogP contribution in [-0.2, 0) is 0 Å². The second-order valence-corrected chi connectivity index (χ2v) is 8.08. The number of hydroxylamine groups is 2. The Bertz CT molecular complexity index is 1050. The Balaban J connectivity index is 1.62. The molecule has 32 heavy (non-hydrogen) atoms. The Hall–Kier alpha value is -3.32. The standard InChI is InChI=1S/C25H29N3O4/c1-4-28(30)25(29)27-15-13-20(14-16-27)24-26-22(18-7-5-17(2)6-8-18)23(32-24)19-9-11-21(31-3)12-10-19/h5-12,20,30H,4,13-16H2,1-3H3. The fraction of sp³-hybridized carbons (Fsp3) is 0.360. The summed E-state index contributed by atoms with van der Waals surface area (Å²) in [6.45, 7) is 5.18. The molecule has 1 aliphatic rings. The molecule has 2 amide bonds. The molecule has 7 heteroatoms. The fourth-order valence-electron chi connectivity index (χ4n) is 3.97. The molecule has 1 aromatic heterocycles. The molecule has 1 saturated heterocycles. The number of likely N-dealkylation sites (tertiary alicyclic amines) is 1. The first-order chi connectivity index (χ1) is 15.5. The molecule has 7 nitrogen and oxygen atoms in total. The molecule has 1 fully saturated rings. The van der Waals surface area contributed by atoms with Gasteiger partial charge in [-0.05, 0) is 51.0 Å². The average molecular weight is 436 g/mol. The molecule has 0 unspecified atom stereocenters. The van der Waals surface area contributed by atoms with Gasteiger partial charge in [-0.1, -0.05) is 29.8 Å². The summed E-state index contributed by atoms with van der Waals surface area (Å²) in [7, 11) is 1.65. The van der Waals surface area contributed by atoms with E-state index in [9.17, 15) is 10.0 Å². The number of piperidine rings is 1. The van der Waals surface area contributed by atoms with Crippen LogP contribution in [0.25, 0.3) is 22.6 Å². The zero-order valence-corrected chi connectivity index (χ0v) is 18.7. The Morgan fingerprint density at radius 3 is 2.34 bits per heavy atom. The van der Waals surface area contributed by atoms with Gasteiger partial charge >= 0.3 is 6.03 Å². The minimum absolute atomic E-state index is 0.115. The van der Waals surface area contributed by atoms with Gasteiger partial charge in [0.15, 0.2) is 11.7 Å². The molecule has 2 aromatic carbocycles. The SMILES string of the molecule is CCN(O)C(=O)N1CCC(c2nc(-c3ccc(C)cc3)c(-c3ccc(OC)cc3)o2)CC1. The van der Waals surface area contributed by atoms with Crippen LogP contribution in [-0.4, -0.2) is 52.9 Å². The Morgan fingerprint density at radius 1 is 1.12 bits per heavy atom. The average Bonchev–Trinajstić information content (AvgIpc) is 3.29. The Kier molecular flexibility index (Phi) is 6.46. The van der Waals surface area contributed by atoms with Crippen LogP contribution in [0.1, 0.15) is 37.1 Å². The predicted molar refractivity (Wildman–Crippen MR) is 122 cm³/mol. The summed E-state index contributed by atoms with van der Waals surface area (Å²) in [4.78, 5) is 18.8. The van der Waals surface area contributed by atoms with Gasteiger partial charge in [0.25, 0.3) is 0 Å². The van der Waals surface area contributed by atoms with Gasteiger partial charge in [0.2, 0.25) is 0 Å². The molecule has 0 saturated carbocycles. The normalized spacial score (nSPS) is 14.4. The maximum Gasteiger partial charge on any atom is 0.343 e. The minimum atomic E-state index is -0.349. The van der Waals surface area contributed by atoms with Crippen molar-refractivity contribution in [2.45, 2.75) is 32.6 Å². The smallest absolute Gasteiger partial charge is 0.343 e. The summed E-state index contributed by atoms with van der Waals surface area (Å²) in [6.07, 6.45) is 1.47. The zero-order chi connectivity index (χ0) is 22.7. The number of carbonyl (C=O) groups is 1. The van der Waals surface area contributed by atoms with Crippen LogP contribution in [0.3, 0.4) is 0 Å². The van der Waals surface area contributed by atoms with Crippen LogP contribution in [0, 0.1) is 6.92 Å². The highest BCUT2D eigenvalue weighted by molar-refractivity contribution is 5.77. The van der Waals surface area contributed by atoms with Gasteiger partial charge in [-0.3, -0.25) is 5.21 Å². The lowest BCUT2D eigenvalue weighted by Crippen LogP contribution is -2.45. The first kappa shape index (κ1) is 21.9. The highest BCUT2D eigenvalue weighted by Gasteiger charge is 2.30. The molecule has 0 radical (unpaired) electrons. The van der Waals surface area contributed by atoms with E-state index in [1.807, 2.05) is 24.3 Å². The maximum atomic E-state index is 12.2. The molecule has 168 valence electrons. The molecule has 0 spiro atoms. The van der Waals surface area contributed by atoms with Crippen molar-refractivity contribution >= 4 is 6.03 Å². The minimum Gasteiger partial charge on any atom is -0.497 e. The zero-order valence-electron chi connectivity index (χ0n) is 18.7. The molecule has 0 aliphatic carbocycles. The number of oxazole rings is 1. The van der Waals surface area contributed by atoms with Gasteiger partial charge in [0.05, 0.1) is 7.11 Å². The molecule has 3 aromatic rings. The first-order valence-electron chi connectivity index (χ1n) is 11.0. The van der Waals surface area contributed by atoms with E-state index in [1.54, 1.807) is 18.9 Å². The summed E-state index contributed by atoms with van der Waals surface area (Å²) in [5.41, 5.74) is 3.94. The number of amides is 2. The van der Waals surface area contributed by atoms with Gasteiger partial charge < -0.3 is 14.1 Å².